The summed E-state index contributed by atoms with van der Waals surface area (Å²) in [5.41, 5.74) is -0.869. The predicted molar refractivity (Wildman–Crippen MR) is 112 cm³/mol. The van der Waals surface area contributed by atoms with Gasteiger partial charge < -0.3 is 9.47 Å². The highest BCUT2D eigenvalue weighted by Gasteiger charge is 2.24. The molecule has 1 aliphatic heterocycles. The van der Waals surface area contributed by atoms with Gasteiger partial charge in [0.2, 0.25) is 0 Å². The van der Waals surface area contributed by atoms with Crippen LogP contribution in [0.4, 0.5) is 0 Å². The smallest absolute Gasteiger partial charge is 0.332 e. The van der Waals surface area contributed by atoms with Gasteiger partial charge in [0.1, 0.15) is 6.33 Å². The highest BCUT2D eigenvalue weighted by atomic mass is 16.6. The summed E-state index contributed by atoms with van der Waals surface area (Å²) < 4.78 is 14.6. The molecule has 166 valence electrons. The first-order chi connectivity index (χ1) is 14.2. The summed E-state index contributed by atoms with van der Waals surface area (Å²) in [7, 11) is 1.60. The Bertz CT molecular complexity index is 1010. The van der Waals surface area contributed by atoms with Crippen molar-refractivity contribution in [1.29, 1.82) is 0 Å². The molecule has 9 heteroatoms. The summed E-state index contributed by atoms with van der Waals surface area (Å²) >= 11 is 0. The number of aryl methyl sites for hydroxylation is 1. The molecule has 3 heterocycles. The summed E-state index contributed by atoms with van der Waals surface area (Å²) in [5, 5.41) is 0. The van der Waals surface area contributed by atoms with Gasteiger partial charge >= 0.3 is 11.7 Å². The number of hydrogen-bond acceptors (Lipinski definition) is 6. The molecule has 3 rings (SSSR count). The van der Waals surface area contributed by atoms with E-state index in [9.17, 15) is 14.4 Å². The number of imidazole rings is 1. The topological polar surface area (TPSA) is 101 Å². The van der Waals surface area contributed by atoms with E-state index in [0.29, 0.717) is 12.6 Å². The zero-order valence-corrected chi connectivity index (χ0v) is 18.3. The lowest BCUT2D eigenvalue weighted by molar-refractivity contribution is -0.156. The predicted octanol–water partition coefficient (Wildman–Crippen LogP) is 2.18. The van der Waals surface area contributed by atoms with Crippen LogP contribution in [0.5, 0.6) is 0 Å². The molecule has 0 radical (unpaired) electrons. The van der Waals surface area contributed by atoms with Crippen LogP contribution in [0.3, 0.4) is 0 Å². The second kappa shape index (κ2) is 9.16. The first-order valence-corrected chi connectivity index (χ1v) is 10.6. The third-order valence-electron chi connectivity index (χ3n) is 5.36. The lowest BCUT2D eigenvalue weighted by Gasteiger charge is -2.17. The van der Waals surface area contributed by atoms with Crippen LogP contribution in [0, 0.1) is 5.41 Å². The number of carbonyl (C=O) groups excluding carboxylic acids is 1. The van der Waals surface area contributed by atoms with Crippen LogP contribution >= 0.6 is 0 Å². The van der Waals surface area contributed by atoms with Crippen molar-refractivity contribution >= 4 is 17.1 Å². The summed E-state index contributed by atoms with van der Waals surface area (Å²) in [6.45, 7) is 6.43. The molecule has 1 aliphatic rings. The van der Waals surface area contributed by atoms with Crippen LogP contribution in [0.25, 0.3) is 11.2 Å². The molecule has 1 saturated heterocycles. The van der Waals surface area contributed by atoms with Crippen molar-refractivity contribution in [2.45, 2.75) is 78.7 Å². The number of epoxide rings is 1. The Morgan fingerprint density at radius 3 is 2.53 bits per heavy atom. The minimum Gasteiger partial charge on any atom is -0.443 e. The Balaban J connectivity index is 1.67. The van der Waals surface area contributed by atoms with Gasteiger partial charge in [-0.05, 0) is 33.6 Å². The molecule has 1 unspecified atom stereocenters. The minimum atomic E-state index is -0.644. The van der Waals surface area contributed by atoms with Crippen molar-refractivity contribution in [3.63, 3.8) is 0 Å². The van der Waals surface area contributed by atoms with E-state index < -0.39 is 11.0 Å². The highest BCUT2D eigenvalue weighted by molar-refractivity contribution is 5.75. The third-order valence-corrected chi connectivity index (χ3v) is 5.36. The molecule has 0 amide bonds. The molecule has 9 nitrogen and oxygen atoms in total. The van der Waals surface area contributed by atoms with Crippen molar-refractivity contribution < 1.29 is 14.3 Å². The van der Waals surface area contributed by atoms with E-state index in [0.717, 1.165) is 45.1 Å². The van der Waals surface area contributed by atoms with E-state index in [4.69, 9.17) is 9.47 Å². The quantitative estimate of drug-likeness (QED) is 0.332. The number of esters is 1. The number of aromatic nitrogens is 4. The molecule has 0 aliphatic carbocycles. The lowest BCUT2D eigenvalue weighted by Crippen LogP contribution is -2.39. The van der Waals surface area contributed by atoms with E-state index in [1.165, 1.54) is 20.0 Å². The lowest BCUT2D eigenvalue weighted by atomic mass is 9.98. The Morgan fingerprint density at radius 1 is 1.20 bits per heavy atom. The van der Waals surface area contributed by atoms with Gasteiger partial charge in [-0.15, -0.1) is 0 Å². The summed E-state index contributed by atoms with van der Waals surface area (Å²) in [6.07, 6.45) is 8.11. The van der Waals surface area contributed by atoms with Crippen LogP contribution < -0.4 is 11.2 Å². The van der Waals surface area contributed by atoms with Gasteiger partial charge in [0.05, 0.1) is 18.1 Å². The second-order valence-corrected chi connectivity index (χ2v) is 9.01. The first kappa shape index (κ1) is 22.3. The summed E-state index contributed by atoms with van der Waals surface area (Å²) in [4.78, 5) is 41.9. The molecule has 0 N–H and O–H groups in total. The molecule has 2 aromatic heterocycles. The van der Waals surface area contributed by atoms with Crippen LogP contribution in [0.1, 0.15) is 59.3 Å². The molecular formula is C21H32N4O5. The molecule has 0 spiro atoms. The van der Waals surface area contributed by atoms with Crippen molar-refractivity contribution in [2.75, 3.05) is 6.61 Å². The normalized spacial score (nSPS) is 16.2. The molecule has 2 aromatic rings. The molecule has 0 aromatic carbocycles. The fourth-order valence-electron chi connectivity index (χ4n) is 3.37. The fraction of sp³-hybridized carbons (Fsp3) is 0.714. The summed E-state index contributed by atoms with van der Waals surface area (Å²) in [6, 6.07) is 0. The van der Waals surface area contributed by atoms with Crippen LogP contribution in [0.2, 0.25) is 0 Å². The zero-order valence-electron chi connectivity index (χ0n) is 18.3. The molecule has 1 fully saturated rings. The number of ether oxygens (including phenoxy) is 2. The Morgan fingerprint density at radius 2 is 1.87 bits per heavy atom. The third kappa shape index (κ3) is 5.19. The number of fused-ring (bicyclic) bond motifs is 1. The zero-order chi connectivity index (χ0) is 21.9. The number of hydrogen-bond donors (Lipinski definition) is 0. The monoisotopic (exact) mass is 420 g/mol. The van der Waals surface area contributed by atoms with Crippen molar-refractivity contribution in [1.82, 2.24) is 18.7 Å². The SMILES string of the molecule is Cn1c(=O)n(CCCCCCCC2CO2)c(=O)c2c1ncn2COC(=O)C(C)(C)C. The molecule has 0 saturated carbocycles. The maximum Gasteiger partial charge on any atom is 0.332 e. The van der Waals surface area contributed by atoms with E-state index >= 15 is 0 Å². The fourth-order valence-corrected chi connectivity index (χ4v) is 3.37. The van der Waals surface area contributed by atoms with Gasteiger partial charge in [-0.2, -0.15) is 0 Å². The Hall–Kier alpha value is -2.42. The maximum atomic E-state index is 13.0. The van der Waals surface area contributed by atoms with E-state index in [1.807, 2.05) is 0 Å². The largest absolute Gasteiger partial charge is 0.443 e. The second-order valence-electron chi connectivity index (χ2n) is 9.01. The number of nitrogens with zero attached hydrogens (tertiary/aromatic N) is 4. The maximum absolute atomic E-state index is 13.0. The summed E-state index contributed by atoms with van der Waals surface area (Å²) in [5.74, 6) is -0.372. The van der Waals surface area contributed by atoms with Crippen molar-refractivity contribution in [3.8, 4) is 0 Å². The standard InChI is InChI=1S/C21H32N4O5/c1-21(2,3)19(27)30-14-24-13-22-17-16(24)18(26)25(20(28)23(17)4)11-9-7-5-6-8-10-15-12-29-15/h13,15H,5-12,14H2,1-4H3. The van der Waals surface area contributed by atoms with Gasteiger partial charge in [-0.25, -0.2) is 9.78 Å². The van der Waals surface area contributed by atoms with Gasteiger partial charge in [-0.1, -0.05) is 25.7 Å². The molecular weight excluding hydrogens is 388 g/mol. The highest BCUT2D eigenvalue weighted by Crippen LogP contribution is 2.18. The van der Waals surface area contributed by atoms with Gasteiger partial charge in [0, 0.05) is 13.6 Å². The van der Waals surface area contributed by atoms with Gasteiger partial charge in [-0.3, -0.25) is 23.3 Å². The number of unbranched alkanes of at least 4 members (excludes halogenated alkanes) is 4. The van der Waals surface area contributed by atoms with Gasteiger partial charge in [0.25, 0.3) is 5.56 Å². The molecule has 0 bridgehead atoms. The minimum absolute atomic E-state index is 0.120. The van der Waals surface area contributed by atoms with Crippen LogP contribution in [-0.2, 0) is 34.6 Å². The molecule has 1 atom stereocenters. The average Bonchev–Trinajstić information content (AvgIpc) is 3.41. The van der Waals surface area contributed by atoms with E-state index in [-0.39, 0.29) is 29.6 Å². The van der Waals surface area contributed by atoms with Crippen LogP contribution in [0.15, 0.2) is 15.9 Å². The molecule has 30 heavy (non-hydrogen) atoms. The van der Waals surface area contributed by atoms with Crippen LogP contribution in [-0.4, -0.2) is 37.4 Å². The average molecular weight is 421 g/mol. The van der Waals surface area contributed by atoms with E-state index in [2.05, 4.69) is 4.98 Å². The van der Waals surface area contributed by atoms with Crippen molar-refractivity contribution in [3.05, 3.63) is 27.2 Å². The number of carbonyl (C=O) groups is 1. The first-order valence-electron chi connectivity index (χ1n) is 10.6. The van der Waals surface area contributed by atoms with Gasteiger partial charge in [0.15, 0.2) is 17.9 Å². The van der Waals surface area contributed by atoms with E-state index in [1.54, 1.807) is 27.8 Å². The Kier molecular flexibility index (Phi) is 6.80. The number of rotatable bonds is 10. The Labute approximate surface area is 175 Å². The van der Waals surface area contributed by atoms with Crippen molar-refractivity contribution in [2.24, 2.45) is 12.5 Å².